The van der Waals surface area contributed by atoms with Crippen LogP contribution in [-0.4, -0.2) is 96.8 Å². The van der Waals surface area contributed by atoms with Crippen molar-refractivity contribution in [2.75, 3.05) is 65.3 Å². The predicted molar refractivity (Wildman–Crippen MR) is 189 cm³/mol. The minimum absolute atomic E-state index is 0. The topological polar surface area (TPSA) is 72.3 Å². The van der Waals surface area contributed by atoms with E-state index in [-0.39, 0.29) is 13.5 Å². The molecule has 8 heteroatoms. The van der Waals surface area contributed by atoms with E-state index in [2.05, 4.69) is 45.6 Å². The van der Waals surface area contributed by atoms with Gasteiger partial charge in [-0.05, 0) is 86.7 Å². The van der Waals surface area contributed by atoms with Crippen molar-refractivity contribution in [3.8, 4) is 11.3 Å². The van der Waals surface area contributed by atoms with Gasteiger partial charge in [0.25, 0.3) is 0 Å². The molecule has 2 aromatic carbocycles. The van der Waals surface area contributed by atoms with Gasteiger partial charge in [-0.3, -0.25) is 0 Å². The number of aromatic nitrogens is 1. The van der Waals surface area contributed by atoms with E-state index in [9.17, 15) is 14.7 Å². The number of nitrogens with zero attached hydrogens (tertiary/aromatic N) is 5. The highest BCUT2D eigenvalue weighted by Crippen LogP contribution is 2.47. The molecule has 0 spiro atoms. The summed E-state index contributed by atoms with van der Waals surface area (Å²) in [5.74, 6) is 0.253. The molecule has 8 nitrogen and oxygen atoms in total. The molecule has 3 aliphatic rings. The van der Waals surface area contributed by atoms with E-state index in [4.69, 9.17) is 0 Å². The second-order valence-corrected chi connectivity index (χ2v) is 14.0. The van der Waals surface area contributed by atoms with Crippen LogP contribution in [0.5, 0.6) is 0 Å². The van der Waals surface area contributed by atoms with Gasteiger partial charge in [-0.15, -0.1) is 0 Å². The Morgan fingerprint density at radius 1 is 0.913 bits per heavy atom. The molecule has 1 N–H and O–H groups in total. The zero-order valence-electron chi connectivity index (χ0n) is 27.7. The first-order chi connectivity index (χ1) is 21.7. The van der Waals surface area contributed by atoms with Gasteiger partial charge < -0.3 is 29.3 Å². The molecule has 2 aliphatic heterocycles. The summed E-state index contributed by atoms with van der Waals surface area (Å²) in [6.45, 7) is 8.92. The highest BCUT2D eigenvalue weighted by Gasteiger charge is 2.31. The maximum atomic E-state index is 12.3. The number of carbonyl (C=O) groups is 2. The number of carboxylic acid groups (broad SMARTS) is 1. The number of hydrogen-bond acceptors (Lipinski definition) is 4. The Morgan fingerprint density at radius 3 is 2.43 bits per heavy atom. The summed E-state index contributed by atoms with van der Waals surface area (Å²) in [6, 6.07) is 12.8. The lowest BCUT2D eigenvalue weighted by atomic mass is 9.81. The Morgan fingerprint density at radius 2 is 1.70 bits per heavy atom. The number of likely N-dealkylation sites (tertiary alicyclic amines) is 1. The molecule has 1 aromatic heterocycles. The molecule has 46 heavy (non-hydrogen) atoms. The molecule has 1 aliphatic carbocycles. The quantitative estimate of drug-likeness (QED) is 0.279. The third-order valence-electron chi connectivity index (χ3n) is 10.6. The summed E-state index contributed by atoms with van der Waals surface area (Å²) in [5, 5.41) is 11.1. The van der Waals surface area contributed by atoms with Crippen molar-refractivity contribution in [1.29, 1.82) is 0 Å². The maximum absolute atomic E-state index is 12.3. The second kappa shape index (κ2) is 14.5. The van der Waals surface area contributed by atoms with Crippen molar-refractivity contribution < 1.29 is 14.7 Å². The summed E-state index contributed by atoms with van der Waals surface area (Å²) in [7, 11) is 5.53. The molecule has 1 saturated heterocycles. The van der Waals surface area contributed by atoms with Gasteiger partial charge in [0.1, 0.15) is 0 Å². The number of hydrogen-bond donors (Lipinski definition) is 1. The van der Waals surface area contributed by atoms with Gasteiger partial charge in [-0.2, -0.15) is 0 Å². The monoisotopic (exact) mass is 629 g/mol. The number of rotatable bonds is 8. The van der Waals surface area contributed by atoms with Gasteiger partial charge in [0.05, 0.1) is 11.3 Å². The average molecular weight is 630 g/mol. The Bertz CT molecular complexity index is 1540. The third-order valence-corrected chi connectivity index (χ3v) is 10.6. The van der Waals surface area contributed by atoms with Crippen molar-refractivity contribution in [3.63, 3.8) is 0 Å². The number of benzene rings is 2. The van der Waals surface area contributed by atoms with Crippen molar-refractivity contribution in [3.05, 3.63) is 53.1 Å². The molecule has 2 fully saturated rings. The number of carbonyl (C=O) groups excluding carboxylic acids is 1. The molecule has 6 rings (SSSR count). The maximum Gasteiger partial charge on any atom is 0.335 e. The largest absolute Gasteiger partial charge is 0.478 e. The fourth-order valence-corrected chi connectivity index (χ4v) is 8.18. The average Bonchev–Trinajstić information content (AvgIpc) is 3.28. The van der Waals surface area contributed by atoms with Gasteiger partial charge in [0, 0.05) is 82.6 Å². The van der Waals surface area contributed by atoms with Crippen LogP contribution in [0.1, 0.15) is 86.2 Å². The minimum Gasteiger partial charge on any atom is -0.478 e. The number of fused-ring (bicyclic) bond motifs is 5. The normalized spacial score (nSPS) is 18.8. The van der Waals surface area contributed by atoms with Crippen LogP contribution in [0.25, 0.3) is 22.2 Å². The van der Waals surface area contributed by atoms with Gasteiger partial charge in [0.15, 0.2) is 0 Å². The highest BCUT2D eigenvalue weighted by molar-refractivity contribution is 5.99. The Labute approximate surface area is 275 Å². The van der Waals surface area contributed by atoms with Crippen LogP contribution < -0.4 is 4.90 Å². The minimum atomic E-state index is -0.867. The summed E-state index contributed by atoms with van der Waals surface area (Å²) in [4.78, 5) is 33.0. The van der Waals surface area contributed by atoms with Crippen LogP contribution >= 0.6 is 0 Å². The SMILES string of the molecule is C.Cc1ccc2c(c1)N(CCN1CCC[C@@H](CCN(C)C(=O)N(C)C)C1)CCn1c-2c(C2CCCCC2)c2ccc(C(=O)O)cc21. The standard InChI is InChI=1S/C37H51N5O3.CH4/c1-26-12-14-31-32(23-26)41(20-19-40-17-8-9-27(25-40)16-18-39(4)37(45)38(2)3)21-22-42-33-24-29(36(43)44)13-15-30(33)34(35(31)42)28-10-6-5-7-11-28;/h12-15,23-24,27-28H,5-11,16-22,25H2,1-4H3,(H,43,44);1H4/t27-;/m0./s1. The van der Waals surface area contributed by atoms with E-state index < -0.39 is 5.97 Å². The van der Waals surface area contributed by atoms with Gasteiger partial charge in [-0.25, -0.2) is 9.59 Å². The lowest BCUT2D eigenvalue weighted by molar-refractivity contribution is 0.0697. The van der Waals surface area contributed by atoms with Crippen LogP contribution in [0.3, 0.4) is 0 Å². The second-order valence-electron chi connectivity index (χ2n) is 14.0. The molecule has 2 amide bonds. The van der Waals surface area contributed by atoms with E-state index in [1.165, 1.54) is 78.4 Å². The number of carboxylic acids is 1. The van der Waals surface area contributed by atoms with Gasteiger partial charge >= 0.3 is 12.0 Å². The number of piperidine rings is 1. The van der Waals surface area contributed by atoms with Gasteiger partial charge in [0.2, 0.25) is 0 Å². The number of anilines is 1. The molecule has 0 bridgehead atoms. The lowest BCUT2D eigenvalue weighted by Gasteiger charge is -2.35. The zero-order valence-corrected chi connectivity index (χ0v) is 27.7. The van der Waals surface area contributed by atoms with Crippen LogP contribution in [0, 0.1) is 12.8 Å². The summed E-state index contributed by atoms with van der Waals surface area (Å²) in [6.07, 6.45) is 9.71. The first-order valence-corrected chi connectivity index (χ1v) is 17.1. The molecule has 1 saturated carbocycles. The van der Waals surface area contributed by atoms with E-state index >= 15 is 0 Å². The Hall–Kier alpha value is -3.52. The molecule has 0 unspecified atom stereocenters. The summed E-state index contributed by atoms with van der Waals surface area (Å²) in [5.41, 5.74) is 8.04. The van der Waals surface area contributed by atoms with Crippen molar-refractivity contribution in [2.24, 2.45) is 5.92 Å². The van der Waals surface area contributed by atoms with E-state index in [1.54, 1.807) is 11.0 Å². The first-order valence-electron chi connectivity index (χ1n) is 17.1. The van der Waals surface area contributed by atoms with Crippen LogP contribution in [-0.2, 0) is 6.54 Å². The molecule has 1 atom stereocenters. The molecule has 250 valence electrons. The number of aryl methyl sites for hydroxylation is 1. The van der Waals surface area contributed by atoms with Crippen LogP contribution in [0.2, 0.25) is 0 Å². The van der Waals surface area contributed by atoms with Crippen molar-refractivity contribution in [2.45, 2.75) is 78.2 Å². The smallest absolute Gasteiger partial charge is 0.335 e. The summed E-state index contributed by atoms with van der Waals surface area (Å²) < 4.78 is 2.45. The molecule has 0 radical (unpaired) electrons. The first kappa shape index (κ1) is 33.8. The molecule has 3 aromatic rings. The fraction of sp³-hybridized carbons (Fsp3) is 0.579. The number of aromatic carboxylic acids is 1. The van der Waals surface area contributed by atoms with Crippen LogP contribution in [0.15, 0.2) is 36.4 Å². The third kappa shape index (κ3) is 6.92. The van der Waals surface area contributed by atoms with Gasteiger partial charge in [-0.1, -0.05) is 44.9 Å². The van der Waals surface area contributed by atoms with Crippen LogP contribution in [0.4, 0.5) is 10.5 Å². The molecular formula is C38H55N5O3. The zero-order chi connectivity index (χ0) is 31.7. The van der Waals surface area contributed by atoms with E-state index in [0.717, 1.165) is 57.8 Å². The summed E-state index contributed by atoms with van der Waals surface area (Å²) >= 11 is 0. The lowest BCUT2D eigenvalue weighted by Crippen LogP contribution is -2.43. The van der Waals surface area contributed by atoms with E-state index in [1.807, 2.05) is 32.1 Å². The van der Waals surface area contributed by atoms with E-state index in [0.29, 0.717) is 17.4 Å². The Balaban J connectivity index is 0.00000417. The van der Waals surface area contributed by atoms with Crippen molar-refractivity contribution in [1.82, 2.24) is 19.3 Å². The molecular weight excluding hydrogens is 574 g/mol. The Kier molecular flexibility index (Phi) is 10.7. The molecule has 3 heterocycles. The highest BCUT2D eigenvalue weighted by atomic mass is 16.4. The number of amides is 2. The fourth-order valence-electron chi connectivity index (χ4n) is 8.18. The number of urea groups is 1. The predicted octanol–water partition coefficient (Wildman–Crippen LogP) is 7.53. The van der Waals surface area contributed by atoms with Crippen molar-refractivity contribution >= 4 is 28.6 Å².